The van der Waals surface area contributed by atoms with Crippen LogP contribution < -0.4 is 0 Å². The Morgan fingerprint density at radius 1 is 1.10 bits per heavy atom. The number of ketones is 1. The van der Waals surface area contributed by atoms with Gasteiger partial charge in [0.05, 0.1) is 12.7 Å². The molecule has 0 heterocycles. The molecular formula is C21H35O6PSi. The number of hydrogen-bond donors (Lipinski definition) is 0. The van der Waals surface area contributed by atoms with Gasteiger partial charge in [0.2, 0.25) is 0 Å². The number of benzene rings is 1. The summed E-state index contributed by atoms with van der Waals surface area (Å²) in [5.41, 5.74) is 0.930. The Kier molecular flexibility index (Phi) is 11.3. The molecule has 0 unspecified atom stereocenters. The molecule has 0 fully saturated rings. The maximum Gasteiger partial charge on any atom is 0.337 e. The Bertz CT molecular complexity index is 661. The predicted octanol–water partition coefficient (Wildman–Crippen LogP) is 5.20. The first-order valence-electron chi connectivity index (χ1n) is 10.0. The van der Waals surface area contributed by atoms with E-state index in [0.29, 0.717) is 0 Å². The minimum absolute atomic E-state index is 0.230. The van der Waals surface area contributed by atoms with Crippen molar-refractivity contribution in [2.45, 2.75) is 57.7 Å². The van der Waals surface area contributed by atoms with E-state index in [1.54, 1.807) is 6.08 Å². The second-order valence-electron chi connectivity index (χ2n) is 6.88. The number of hydrogen-bond acceptors (Lipinski definition) is 6. The first kappa shape index (κ1) is 26.0. The largest absolute Gasteiger partial charge is 0.407 e. The summed E-state index contributed by atoms with van der Waals surface area (Å²) in [5.74, 6) is -0.385. The van der Waals surface area contributed by atoms with Gasteiger partial charge >= 0.3 is 7.60 Å². The lowest BCUT2D eigenvalue weighted by molar-refractivity contribution is -0.134. The summed E-state index contributed by atoms with van der Waals surface area (Å²) in [6.45, 7) is 10.5. The second-order valence-corrected chi connectivity index (χ2v) is 13.9. The van der Waals surface area contributed by atoms with Gasteiger partial charge in [-0.15, -0.1) is 6.58 Å². The van der Waals surface area contributed by atoms with E-state index in [4.69, 9.17) is 18.2 Å². The van der Waals surface area contributed by atoms with Gasteiger partial charge in [-0.2, -0.15) is 0 Å². The Hall–Kier alpha value is -1.08. The Labute approximate surface area is 176 Å². The fourth-order valence-corrected chi connectivity index (χ4v) is 6.90. The molecule has 1 aromatic carbocycles. The smallest absolute Gasteiger partial charge is 0.337 e. The molecule has 29 heavy (non-hydrogen) atoms. The van der Waals surface area contributed by atoms with Crippen LogP contribution >= 0.6 is 7.60 Å². The summed E-state index contributed by atoms with van der Waals surface area (Å²) in [4.78, 5) is 13.1. The Morgan fingerprint density at radius 3 is 2.10 bits per heavy atom. The van der Waals surface area contributed by atoms with Crippen molar-refractivity contribution in [1.82, 2.24) is 0 Å². The molecule has 0 aliphatic rings. The summed E-state index contributed by atoms with van der Waals surface area (Å²) in [7, 11) is -3.01. The van der Waals surface area contributed by atoms with Crippen molar-refractivity contribution >= 4 is 21.7 Å². The molecule has 0 saturated carbocycles. The van der Waals surface area contributed by atoms with Crippen molar-refractivity contribution in [2.75, 3.05) is 20.4 Å². The average molecular weight is 443 g/mol. The summed E-state index contributed by atoms with van der Waals surface area (Å²) < 4.78 is 34.9. The third kappa shape index (κ3) is 7.59. The van der Waals surface area contributed by atoms with Crippen LogP contribution in [0.5, 0.6) is 0 Å². The normalized spacial score (nSPS) is 14.4. The molecule has 6 nitrogen and oxygen atoms in total. The Balaban J connectivity index is 3.13. The minimum atomic E-state index is -3.52. The maximum atomic E-state index is 13.1. The SMILES string of the molecule is C=C[C@@H](O[Si](CC)(CC)CC)[C@H](OCc1ccccc1)C(=O)CP(=O)(OC)OC. The third-order valence-electron chi connectivity index (χ3n) is 5.35. The molecule has 0 saturated heterocycles. The van der Waals surface area contributed by atoms with Gasteiger partial charge in [0, 0.05) is 14.2 Å². The van der Waals surface area contributed by atoms with Crippen LogP contribution in [0.1, 0.15) is 26.3 Å². The quantitative estimate of drug-likeness (QED) is 0.211. The van der Waals surface area contributed by atoms with E-state index in [0.717, 1.165) is 23.7 Å². The van der Waals surface area contributed by atoms with Gasteiger partial charge in [-0.05, 0) is 23.7 Å². The predicted molar refractivity (Wildman–Crippen MR) is 119 cm³/mol. The molecule has 0 spiro atoms. The molecule has 1 rings (SSSR count). The van der Waals surface area contributed by atoms with E-state index in [9.17, 15) is 9.36 Å². The molecule has 8 heteroatoms. The van der Waals surface area contributed by atoms with Gasteiger partial charge in [0.1, 0.15) is 12.3 Å². The zero-order valence-corrected chi connectivity index (χ0v) is 20.2. The lowest BCUT2D eigenvalue weighted by atomic mass is 10.1. The second kappa shape index (κ2) is 12.6. The van der Waals surface area contributed by atoms with Crippen LogP contribution in [0.2, 0.25) is 18.1 Å². The minimum Gasteiger partial charge on any atom is -0.407 e. The molecule has 0 N–H and O–H groups in total. The standard InChI is InChI=1S/C21H35O6PSi/c1-7-20(27-29(8-2,9-3)10-4)21(19(22)17-28(23,24-5)25-6)26-16-18-14-12-11-13-15-18/h7,11-15,20-21H,1,8-10,16-17H2,2-6H3/t20-,21-/m1/s1. The molecule has 0 amide bonds. The molecule has 1 aromatic rings. The third-order valence-corrected chi connectivity index (χ3v) is 11.8. The monoisotopic (exact) mass is 442 g/mol. The topological polar surface area (TPSA) is 71.1 Å². The highest BCUT2D eigenvalue weighted by atomic mass is 31.2. The van der Waals surface area contributed by atoms with Crippen molar-refractivity contribution in [2.24, 2.45) is 0 Å². The van der Waals surface area contributed by atoms with Gasteiger partial charge in [0.25, 0.3) is 0 Å². The highest BCUT2D eigenvalue weighted by molar-refractivity contribution is 7.54. The number of Topliss-reactive ketones (excluding diaryl/α,β-unsaturated/α-hetero) is 1. The fraction of sp³-hybridized carbons (Fsp3) is 0.571. The fourth-order valence-electron chi connectivity index (χ4n) is 3.14. The molecule has 164 valence electrons. The van der Waals surface area contributed by atoms with Gasteiger partial charge in [-0.25, -0.2) is 0 Å². The van der Waals surface area contributed by atoms with Crippen LogP contribution in [0.25, 0.3) is 0 Å². The number of carbonyl (C=O) groups excluding carboxylic acids is 1. The number of rotatable bonds is 15. The molecular weight excluding hydrogens is 407 g/mol. The molecule has 2 atom stereocenters. The van der Waals surface area contributed by atoms with E-state index in [1.165, 1.54) is 14.2 Å². The van der Waals surface area contributed by atoms with Crippen molar-refractivity contribution in [3.05, 3.63) is 48.6 Å². The lowest BCUT2D eigenvalue weighted by Crippen LogP contribution is -2.47. The zero-order chi connectivity index (χ0) is 21.9. The van der Waals surface area contributed by atoms with Gasteiger partial charge in [-0.1, -0.05) is 57.2 Å². The summed E-state index contributed by atoms with van der Waals surface area (Å²) in [5, 5.41) is 0. The molecule has 0 bridgehead atoms. The lowest BCUT2D eigenvalue weighted by Gasteiger charge is -2.35. The van der Waals surface area contributed by atoms with E-state index < -0.39 is 28.1 Å². The van der Waals surface area contributed by atoms with Crippen LogP contribution in [0.3, 0.4) is 0 Å². The molecule has 0 aliphatic carbocycles. The first-order valence-corrected chi connectivity index (χ1v) is 14.3. The van der Waals surface area contributed by atoms with E-state index >= 15 is 0 Å². The van der Waals surface area contributed by atoms with E-state index in [-0.39, 0.29) is 18.6 Å². The van der Waals surface area contributed by atoms with Crippen LogP contribution in [-0.2, 0) is 34.2 Å². The summed E-state index contributed by atoms with van der Waals surface area (Å²) >= 11 is 0. The van der Waals surface area contributed by atoms with Gasteiger partial charge in [0.15, 0.2) is 14.1 Å². The number of carbonyl (C=O) groups is 1. The van der Waals surface area contributed by atoms with Crippen molar-refractivity contribution in [3.63, 3.8) is 0 Å². The molecule has 0 aromatic heterocycles. The van der Waals surface area contributed by atoms with Gasteiger partial charge < -0.3 is 18.2 Å². The van der Waals surface area contributed by atoms with E-state index in [2.05, 4.69) is 27.4 Å². The van der Waals surface area contributed by atoms with Crippen LogP contribution in [-0.4, -0.2) is 46.7 Å². The van der Waals surface area contributed by atoms with Crippen LogP contribution in [0.15, 0.2) is 43.0 Å². The van der Waals surface area contributed by atoms with Crippen LogP contribution in [0.4, 0.5) is 0 Å². The average Bonchev–Trinajstić information content (AvgIpc) is 2.77. The first-order chi connectivity index (χ1) is 13.8. The molecule has 0 radical (unpaired) electrons. The van der Waals surface area contributed by atoms with Gasteiger partial charge in [-0.3, -0.25) is 9.36 Å². The zero-order valence-electron chi connectivity index (χ0n) is 18.3. The van der Waals surface area contributed by atoms with E-state index in [1.807, 2.05) is 30.3 Å². The maximum absolute atomic E-state index is 13.1. The molecule has 0 aliphatic heterocycles. The van der Waals surface area contributed by atoms with Crippen molar-refractivity contribution in [3.8, 4) is 0 Å². The Morgan fingerprint density at radius 2 is 1.66 bits per heavy atom. The summed E-state index contributed by atoms with van der Waals surface area (Å²) in [6.07, 6.45) is -0.338. The highest BCUT2D eigenvalue weighted by Gasteiger charge is 2.39. The number of ether oxygens (including phenoxy) is 1. The van der Waals surface area contributed by atoms with Crippen molar-refractivity contribution in [1.29, 1.82) is 0 Å². The van der Waals surface area contributed by atoms with Crippen molar-refractivity contribution < 1.29 is 27.6 Å². The van der Waals surface area contributed by atoms with Crippen LogP contribution in [0, 0.1) is 0 Å². The highest BCUT2D eigenvalue weighted by Crippen LogP contribution is 2.46. The summed E-state index contributed by atoms with van der Waals surface area (Å²) in [6, 6.07) is 12.4.